The van der Waals surface area contributed by atoms with E-state index in [0.29, 0.717) is 39.6 Å². The van der Waals surface area contributed by atoms with Crippen LogP contribution in [0.25, 0.3) is 0 Å². The lowest BCUT2D eigenvalue weighted by molar-refractivity contribution is -0.0467. The minimum atomic E-state index is -0.423. The van der Waals surface area contributed by atoms with Crippen LogP contribution in [0.4, 0.5) is 0 Å². The Kier molecular flexibility index (Phi) is 14.1. The van der Waals surface area contributed by atoms with Crippen molar-refractivity contribution in [3.8, 4) is 0 Å². The fraction of sp³-hybridized carbons (Fsp3) is 1.00. The van der Waals surface area contributed by atoms with E-state index in [4.69, 9.17) is 24.1 Å². The molecule has 0 aliphatic heterocycles. The van der Waals surface area contributed by atoms with Gasteiger partial charge in [-0.15, -0.1) is 0 Å². The summed E-state index contributed by atoms with van der Waals surface area (Å²) in [5.41, 5.74) is 0. The van der Waals surface area contributed by atoms with E-state index in [1.165, 1.54) is 0 Å². The van der Waals surface area contributed by atoms with Gasteiger partial charge in [-0.3, -0.25) is 0 Å². The average Bonchev–Trinajstić information content (AvgIpc) is 2.37. The molecular formula is C14H30O5. The topological polar surface area (TPSA) is 57.2 Å². The van der Waals surface area contributed by atoms with Crippen molar-refractivity contribution < 1.29 is 24.1 Å². The molecule has 0 bridgehead atoms. The molecule has 0 amide bonds. The normalized spacial score (nSPS) is 14.5. The van der Waals surface area contributed by atoms with E-state index in [0.717, 1.165) is 19.4 Å². The van der Waals surface area contributed by atoms with Gasteiger partial charge in [-0.05, 0) is 20.3 Å². The SMILES string of the molecule is CCCCOCCOCC(C)OCCOCC(C)O. The zero-order valence-corrected chi connectivity index (χ0v) is 12.6. The predicted molar refractivity (Wildman–Crippen MR) is 74.5 cm³/mol. The molecule has 116 valence electrons. The molecule has 0 heterocycles. The lowest BCUT2D eigenvalue weighted by atomic mass is 10.4. The van der Waals surface area contributed by atoms with Crippen LogP contribution in [0.1, 0.15) is 33.6 Å². The second-order valence-corrected chi connectivity index (χ2v) is 4.65. The first-order valence-electron chi connectivity index (χ1n) is 7.19. The van der Waals surface area contributed by atoms with Gasteiger partial charge in [0.1, 0.15) is 0 Å². The van der Waals surface area contributed by atoms with Gasteiger partial charge in [-0.2, -0.15) is 0 Å². The zero-order valence-electron chi connectivity index (χ0n) is 12.6. The Balaban J connectivity index is 3.14. The molecule has 0 saturated heterocycles. The second kappa shape index (κ2) is 14.2. The molecule has 2 unspecified atom stereocenters. The van der Waals surface area contributed by atoms with Crippen molar-refractivity contribution in [1.82, 2.24) is 0 Å². The average molecular weight is 278 g/mol. The molecule has 5 heteroatoms. The lowest BCUT2D eigenvalue weighted by Gasteiger charge is -2.14. The molecule has 0 radical (unpaired) electrons. The van der Waals surface area contributed by atoms with E-state index >= 15 is 0 Å². The summed E-state index contributed by atoms with van der Waals surface area (Å²) in [5, 5.41) is 8.98. The van der Waals surface area contributed by atoms with E-state index < -0.39 is 6.10 Å². The van der Waals surface area contributed by atoms with Crippen molar-refractivity contribution in [3.05, 3.63) is 0 Å². The Morgan fingerprint density at radius 3 is 2.16 bits per heavy atom. The highest BCUT2D eigenvalue weighted by Gasteiger charge is 2.02. The molecule has 1 N–H and O–H groups in total. The highest BCUT2D eigenvalue weighted by molar-refractivity contribution is 4.48. The van der Waals surface area contributed by atoms with Gasteiger partial charge in [0.25, 0.3) is 0 Å². The largest absolute Gasteiger partial charge is 0.391 e. The molecule has 0 spiro atoms. The first-order chi connectivity index (χ1) is 9.16. The first-order valence-corrected chi connectivity index (χ1v) is 7.19. The van der Waals surface area contributed by atoms with E-state index in [1.54, 1.807) is 6.92 Å². The van der Waals surface area contributed by atoms with Crippen molar-refractivity contribution in [1.29, 1.82) is 0 Å². The van der Waals surface area contributed by atoms with Crippen LogP contribution in [0.3, 0.4) is 0 Å². The molecule has 19 heavy (non-hydrogen) atoms. The molecular weight excluding hydrogens is 248 g/mol. The minimum absolute atomic E-state index is 0.0470. The maximum Gasteiger partial charge on any atom is 0.0781 e. The Morgan fingerprint density at radius 2 is 1.47 bits per heavy atom. The van der Waals surface area contributed by atoms with E-state index in [2.05, 4.69) is 6.92 Å². The Labute approximate surface area is 117 Å². The van der Waals surface area contributed by atoms with Crippen LogP contribution in [0.15, 0.2) is 0 Å². The first kappa shape index (κ1) is 18.8. The van der Waals surface area contributed by atoms with E-state index in [1.807, 2.05) is 6.92 Å². The van der Waals surface area contributed by atoms with Crippen molar-refractivity contribution in [2.75, 3.05) is 46.2 Å². The summed E-state index contributed by atoms with van der Waals surface area (Å²) in [6.45, 7) is 9.79. The van der Waals surface area contributed by atoms with Crippen LogP contribution in [-0.4, -0.2) is 63.6 Å². The monoisotopic (exact) mass is 278 g/mol. The van der Waals surface area contributed by atoms with Crippen LogP contribution >= 0.6 is 0 Å². The number of aliphatic hydroxyl groups is 1. The molecule has 0 aromatic rings. The van der Waals surface area contributed by atoms with Crippen LogP contribution in [-0.2, 0) is 18.9 Å². The maximum absolute atomic E-state index is 8.98. The molecule has 2 atom stereocenters. The highest BCUT2D eigenvalue weighted by atomic mass is 16.6. The molecule has 0 saturated carbocycles. The van der Waals surface area contributed by atoms with Crippen molar-refractivity contribution in [2.45, 2.75) is 45.8 Å². The number of hydrogen-bond acceptors (Lipinski definition) is 5. The highest BCUT2D eigenvalue weighted by Crippen LogP contribution is 1.94. The van der Waals surface area contributed by atoms with Crippen molar-refractivity contribution >= 4 is 0 Å². The number of rotatable bonds is 14. The summed E-state index contributed by atoms with van der Waals surface area (Å²) in [5.74, 6) is 0. The summed E-state index contributed by atoms with van der Waals surface area (Å²) < 4.78 is 21.5. The van der Waals surface area contributed by atoms with Gasteiger partial charge in [0.2, 0.25) is 0 Å². The molecule has 0 fully saturated rings. The number of aliphatic hydroxyl groups excluding tert-OH is 1. The van der Waals surface area contributed by atoms with Gasteiger partial charge in [0.15, 0.2) is 0 Å². The molecule has 0 aromatic heterocycles. The summed E-state index contributed by atoms with van der Waals surface area (Å²) in [4.78, 5) is 0. The van der Waals surface area contributed by atoms with Crippen LogP contribution in [0, 0.1) is 0 Å². The molecule has 0 aromatic carbocycles. The van der Waals surface area contributed by atoms with Gasteiger partial charge >= 0.3 is 0 Å². The Hall–Kier alpha value is -0.200. The fourth-order valence-electron chi connectivity index (χ4n) is 1.33. The Bertz CT molecular complexity index is 175. The minimum Gasteiger partial charge on any atom is -0.391 e. The van der Waals surface area contributed by atoms with E-state index in [9.17, 15) is 0 Å². The van der Waals surface area contributed by atoms with Crippen molar-refractivity contribution in [2.24, 2.45) is 0 Å². The third-order valence-corrected chi connectivity index (χ3v) is 2.36. The van der Waals surface area contributed by atoms with Gasteiger partial charge < -0.3 is 24.1 Å². The fourth-order valence-corrected chi connectivity index (χ4v) is 1.33. The molecule has 5 nitrogen and oxygen atoms in total. The molecule has 0 aliphatic rings. The predicted octanol–water partition coefficient (Wildman–Crippen LogP) is 1.62. The van der Waals surface area contributed by atoms with E-state index in [-0.39, 0.29) is 6.10 Å². The molecule has 0 rings (SSSR count). The van der Waals surface area contributed by atoms with Crippen LogP contribution in [0.2, 0.25) is 0 Å². The Morgan fingerprint density at radius 1 is 0.842 bits per heavy atom. The maximum atomic E-state index is 8.98. The summed E-state index contributed by atoms with van der Waals surface area (Å²) in [7, 11) is 0. The smallest absolute Gasteiger partial charge is 0.0781 e. The standard InChI is InChI=1S/C14H30O5/c1-4-5-6-16-7-8-18-12-14(3)19-10-9-17-11-13(2)15/h13-15H,4-12H2,1-3H3. The summed E-state index contributed by atoms with van der Waals surface area (Å²) in [6, 6.07) is 0. The second-order valence-electron chi connectivity index (χ2n) is 4.65. The summed E-state index contributed by atoms with van der Waals surface area (Å²) in [6.07, 6.45) is 1.88. The van der Waals surface area contributed by atoms with Crippen LogP contribution in [0.5, 0.6) is 0 Å². The zero-order chi connectivity index (χ0) is 14.3. The van der Waals surface area contributed by atoms with Crippen LogP contribution < -0.4 is 0 Å². The van der Waals surface area contributed by atoms with Gasteiger partial charge in [0.05, 0.1) is 51.8 Å². The third kappa shape index (κ3) is 15.7. The number of ether oxygens (including phenoxy) is 4. The lowest BCUT2D eigenvalue weighted by Crippen LogP contribution is -2.21. The van der Waals surface area contributed by atoms with Gasteiger partial charge in [0, 0.05) is 6.61 Å². The number of hydrogen-bond donors (Lipinski definition) is 1. The van der Waals surface area contributed by atoms with Gasteiger partial charge in [-0.1, -0.05) is 13.3 Å². The third-order valence-electron chi connectivity index (χ3n) is 2.36. The van der Waals surface area contributed by atoms with Gasteiger partial charge in [-0.25, -0.2) is 0 Å². The quantitative estimate of drug-likeness (QED) is 0.489. The van der Waals surface area contributed by atoms with Crippen molar-refractivity contribution in [3.63, 3.8) is 0 Å². The number of unbranched alkanes of at least 4 members (excludes halogenated alkanes) is 1. The molecule has 0 aliphatic carbocycles. The summed E-state index contributed by atoms with van der Waals surface area (Å²) >= 11 is 0.